The molecule has 1 aliphatic carbocycles. The molecule has 1 heterocycles. The van der Waals surface area contributed by atoms with Gasteiger partial charge in [0.05, 0.1) is 6.54 Å². The topological polar surface area (TPSA) is 30.7 Å². The summed E-state index contributed by atoms with van der Waals surface area (Å²) < 4.78 is 1.86. The molecule has 68 valence electrons. The summed E-state index contributed by atoms with van der Waals surface area (Å²) in [4.78, 5) is 3.91. The highest BCUT2D eigenvalue weighted by molar-refractivity contribution is 5.22. The van der Waals surface area contributed by atoms with Gasteiger partial charge in [0.15, 0.2) is 0 Å². The van der Waals surface area contributed by atoms with E-state index >= 15 is 0 Å². The summed E-state index contributed by atoms with van der Waals surface area (Å²) in [6.07, 6.45) is 10.1. The van der Waals surface area contributed by atoms with E-state index in [0.29, 0.717) is 0 Å². The molecule has 3 nitrogen and oxygen atoms in total. The van der Waals surface area contributed by atoms with Crippen molar-refractivity contribution >= 4 is 0 Å². The van der Waals surface area contributed by atoms with Gasteiger partial charge in [-0.2, -0.15) is 5.10 Å². The van der Waals surface area contributed by atoms with Gasteiger partial charge < -0.3 is 0 Å². The maximum atomic E-state index is 4.07. The number of hydrogen-bond acceptors (Lipinski definition) is 2. The van der Waals surface area contributed by atoms with Crippen molar-refractivity contribution in [3.05, 3.63) is 36.0 Å². The summed E-state index contributed by atoms with van der Waals surface area (Å²) in [6.45, 7) is 3.05. The van der Waals surface area contributed by atoms with Crippen LogP contribution in [0.1, 0.15) is 19.8 Å². The van der Waals surface area contributed by atoms with Gasteiger partial charge in [0.1, 0.15) is 12.7 Å². The van der Waals surface area contributed by atoms with Crippen molar-refractivity contribution in [2.75, 3.05) is 0 Å². The second kappa shape index (κ2) is 3.56. The average molecular weight is 175 g/mol. The van der Waals surface area contributed by atoms with E-state index in [1.165, 1.54) is 17.6 Å². The smallest absolute Gasteiger partial charge is 0.137 e. The molecule has 0 bridgehead atoms. The lowest BCUT2D eigenvalue weighted by Gasteiger charge is -2.11. The van der Waals surface area contributed by atoms with Gasteiger partial charge in [0.2, 0.25) is 0 Å². The van der Waals surface area contributed by atoms with Gasteiger partial charge in [0.25, 0.3) is 0 Å². The second-order valence-corrected chi connectivity index (χ2v) is 3.43. The SMILES string of the molecule is CC1=CC=C(Cn2cncn2)CC1. The summed E-state index contributed by atoms with van der Waals surface area (Å²) in [5.74, 6) is 0. The third-order valence-electron chi connectivity index (χ3n) is 2.28. The quantitative estimate of drug-likeness (QED) is 0.687. The molecule has 2 rings (SSSR count). The number of aromatic nitrogens is 3. The van der Waals surface area contributed by atoms with Crippen molar-refractivity contribution in [3.63, 3.8) is 0 Å². The Morgan fingerprint density at radius 1 is 1.38 bits per heavy atom. The zero-order valence-corrected chi connectivity index (χ0v) is 7.77. The Kier molecular flexibility index (Phi) is 2.25. The average Bonchev–Trinajstić information content (AvgIpc) is 2.62. The van der Waals surface area contributed by atoms with Crippen LogP contribution in [-0.4, -0.2) is 14.8 Å². The van der Waals surface area contributed by atoms with E-state index in [2.05, 4.69) is 29.2 Å². The van der Waals surface area contributed by atoms with Crippen molar-refractivity contribution in [1.29, 1.82) is 0 Å². The molecule has 0 N–H and O–H groups in total. The van der Waals surface area contributed by atoms with Crippen LogP contribution in [0.4, 0.5) is 0 Å². The standard InChI is InChI=1S/C10H13N3/c1-9-2-4-10(5-3-9)6-13-8-11-7-12-13/h2,4,7-8H,3,5-6H2,1H3. The summed E-state index contributed by atoms with van der Waals surface area (Å²) in [5, 5.41) is 4.07. The first-order valence-electron chi connectivity index (χ1n) is 4.52. The Hall–Kier alpha value is -1.38. The summed E-state index contributed by atoms with van der Waals surface area (Å²) in [5.41, 5.74) is 2.89. The van der Waals surface area contributed by atoms with Gasteiger partial charge in [-0.1, -0.05) is 17.7 Å². The highest BCUT2D eigenvalue weighted by atomic mass is 15.3. The Balaban J connectivity index is 2.04. The summed E-state index contributed by atoms with van der Waals surface area (Å²) in [7, 11) is 0. The zero-order chi connectivity index (χ0) is 9.10. The molecule has 0 unspecified atom stereocenters. The van der Waals surface area contributed by atoms with Crippen LogP contribution < -0.4 is 0 Å². The Morgan fingerprint density at radius 3 is 2.92 bits per heavy atom. The van der Waals surface area contributed by atoms with Crippen molar-refractivity contribution in [2.24, 2.45) is 0 Å². The monoisotopic (exact) mass is 175 g/mol. The number of nitrogens with zero attached hydrogens (tertiary/aromatic N) is 3. The maximum absolute atomic E-state index is 4.07. The Morgan fingerprint density at radius 2 is 2.31 bits per heavy atom. The lowest BCUT2D eigenvalue weighted by Crippen LogP contribution is -2.03. The molecule has 1 aromatic heterocycles. The highest BCUT2D eigenvalue weighted by Crippen LogP contribution is 2.18. The van der Waals surface area contributed by atoms with Crippen LogP contribution in [0.2, 0.25) is 0 Å². The minimum Gasteiger partial charge on any atom is -0.249 e. The van der Waals surface area contributed by atoms with Crippen molar-refractivity contribution < 1.29 is 0 Å². The van der Waals surface area contributed by atoms with Crippen LogP contribution in [0.5, 0.6) is 0 Å². The molecule has 1 aliphatic rings. The van der Waals surface area contributed by atoms with E-state index in [-0.39, 0.29) is 0 Å². The first-order valence-corrected chi connectivity index (χ1v) is 4.52. The second-order valence-electron chi connectivity index (χ2n) is 3.43. The van der Waals surface area contributed by atoms with E-state index in [1.54, 1.807) is 12.7 Å². The van der Waals surface area contributed by atoms with Crippen molar-refractivity contribution in [2.45, 2.75) is 26.3 Å². The van der Waals surface area contributed by atoms with Crippen LogP contribution in [0.3, 0.4) is 0 Å². The molecule has 0 atom stereocenters. The van der Waals surface area contributed by atoms with Crippen LogP contribution in [0, 0.1) is 0 Å². The maximum Gasteiger partial charge on any atom is 0.137 e. The Labute approximate surface area is 77.8 Å². The Bertz CT molecular complexity index is 333. The molecule has 0 aliphatic heterocycles. The van der Waals surface area contributed by atoms with Gasteiger partial charge in [-0.05, 0) is 25.3 Å². The fourth-order valence-corrected chi connectivity index (χ4v) is 1.44. The van der Waals surface area contributed by atoms with E-state index in [1.807, 2.05) is 4.68 Å². The van der Waals surface area contributed by atoms with E-state index < -0.39 is 0 Å². The van der Waals surface area contributed by atoms with Gasteiger partial charge in [-0.3, -0.25) is 0 Å². The fraction of sp³-hybridized carbons (Fsp3) is 0.400. The normalized spacial score (nSPS) is 16.7. The predicted molar refractivity (Wildman–Crippen MR) is 51.1 cm³/mol. The van der Waals surface area contributed by atoms with Crippen molar-refractivity contribution in [3.8, 4) is 0 Å². The van der Waals surface area contributed by atoms with Gasteiger partial charge in [-0.25, -0.2) is 9.67 Å². The molecular weight excluding hydrogens is 162 g/mol. The highest BCUT2D eigenvalue weighted by Gasteiger charge is 2.03. The first-order chi connectivity index (χ1) is 6.34. The number of rotatable bonds is 2. The fourth-order valence-electron chi connectivity index (χ4n) is 1.44. The van der Waals surface area contributed by atoms with Gasteiger partial charge >= 0.3 is 0 Å². The molecule has 1 aromatic rings. The van der Waals surface area contributed by atoms with Crippen molar-refractivity contribution in [1.82, 2.24) is 14.8 Å². The molecule has 3 heteroatoms. The van der Waals surface area contributed by atoms with E-state index in [0.717, 1.165) is 13.0 Å². The molecule has 0 aromatic carbocycles. The minimum atomic E-state index is 0.879. The number of hydrogen-bond donors (Lipinski definition) is 0. The lowest BCUT2D eigenvalue weighted by molar-refractivity contribution is 0.648. The number of allylic oxidation sites excluding steroid dienone is 4. The molecule has 0 fully saturated rings. The molecule has 0 radical (unpaired) electrons. The molecule has 0 saturated carbocycles. The van der Waals surface area contributed by atoms with Crippen LogP contribution >= 0.6 is 0 Å². The molecule has 13 heavy (non-hydrogen) atoms. The van der Waals surface area contributed by atoms with Gasteiger partial charge in [-0.15, -0.1) is 0 Å². The molecular formula is C10H13N3. The van der Waals surface area contributed by atoms with E-state index in [4.69, 9.17) is 0 Å². The summed E-state index contributed by atoms with van der Waals surface area (Å²) in [6, 6.07) is 0. The molecule has 0 saturated heterocycles. The third-order valence-corrected chi connectivity index (χ3v) is 2.28. The summed E-state index contributed by atoms with van der Waals surface area (Å²) >= 11 is 0. The van der Waals surface area contributed by atoms with Crippen LogP contribution in [0.15, 0.2) is 36.0 Å². The van der Waals surface area contributed by atoms with Crippen LogP contribution in [0.25, 0.3) is 0 Å². The zero-order valence-electron chi connectivity index (χ0n) is 7.77. The van der Waals surface area contributed by atoms with Crippen LogP contribution in [-0.2, 0) is 6.54 Å². The van der Waals surface area contributed by atoms with Gasteiger partial charge in [0, 0.05) is 0 Å². The largest absolute Gasteiger partial charge is 0.249 e. The minimum absolute atomic E-state index is 0.879. The lowest BCUT2D eigenvalue weighted by atomic mass is 10.00. The van der Waals surface area contributed by atoms with E-state index in [9.17, 15) is 0 Å². The first kappa shape index (κ1) is 8.23. The molecule has 0 spiro atoms. The predicted octanol–water partition coefficient (Wildman–Crippen LogP) is 1.94. The third kappa shape index (κ3) is 2.05. The molecule has 0 amide bonds.